The summed E-state index contributed by atoms with van der Waals surface area (Å²) in [7, 11) is 0. The number of pyridine rings is 1. The molecule has 3 N–H and O–H groups in total. The number of nitrogens with zero attached hydrogens (tertiary/aromatic N) is 1. The van der Waals surface area contributed by atoms with Gasteiger partial charge < -0.3 is 15.4 Å². The second-order valence-corrected chi connectivity index (χ2v) is 7.36. The van der Waals surface area contributed by atoms with Crippen LogP contribution in [0.3, 0.4) is 0 Å². The first kappa shape index (κ1) is 20.4. The van der Waals surface area contributed by atoms with E-state index in [0.29, 0.717) is 27.6 Å². The molecule has 0 spiro atoms. The summed E-state index contributed by atoms with van der Waals surface area (Å²) in [5.74, 6) is -0.824. The topological polar surface area (TPSA) is 95.1 Å². The fraction of sp³-hybridized carbons (Fsp3) is 0.0417. The molecule has 0 saturated heterocycles. The molecule has 0 aliphatic carbocycles. The first-order valence-corrected chi connectivity index (χ1v) is 9.90. The average molecular weight is 432 g/mol. The monoisotopic (exact) mass is 431 g/mol. The van der Waals surface area contributed by atoms with Gasteiger partial charge in [-0.3, -0.25) is 4.79 Å². The minimum absolute atomic E-state index is 0.179. The standard InChI is InChI=1S/C24H18ClN3O3/c25-18-8-4-5-15(11-18)12-22(29)27-21-10-9-19-17(14-26-23(19)28-21)13-20(24(30)31)16-6-2-1-3-7-16/h1-11,13-14H,12H2,(H,30,31)(H2,26,27,28,29). The molecule has 0 aliphatic heterocycles. The Balaban J connectivity index is 1.56. The molecular weight excluding hydrogens is 414 g/mol. The van der Waals surface area contributed by atoms with Gasteiger partial charge in [-0.05, 0) is 41.5 Å². The van der Waals surface area contributed by atoms with Crippen LogP contribution in [0.4, 0.5) is 5.82 Å². The Kier molecular flexibility index (Phi) is 5.82. The van der Waals surface area contributed by atoms with E-state index in [1.807, 2.05) is 12.1 Å². The molecule has 0 radical (unpaired) electrons. The fourth-order valence-corrected chi connectivity index (χ4v) is 3.49. The molecule has 2 heterocycles. The molecule has 6 nitrogen and oxygen atoms in total. The van der Waals surface area contributed by atoms with Crippen LogP contribution >= 0.6 is 11.6 Å². The van der Waals surface area contributed by atoms with Gasteiger partial charge in [-0.2, -0.15) is 0 Å². The van der Waals surface area contributed by atoms with Crippen molar-refractivity contribution in [3.63, 3.8) is 0 Å². The van der Waals surface area contributed by atoms with Crippen LogP contribution in [-0.4, -0.2) is 27.0 Å². The van der Waals surface area contributed by atoms with Crippen LogP contribution in [0, 0.1) is 0 Å². The highest BCUT2D eigenvalue weighted by Gasteiger charge is 2.13. The summed E-state index contributed by atoms with van der Waals surface area (Å²) < 4.78 is 0. The summed E-state index contributed by atoms with van der Waals surface area (Å²) in [5, 5.41) is 13.7. The van der Waals surface area contributed by atoms with Gasteiger partial charge in [-0.25, -0.2) is 9.78 Å². The Labute approximate surface area is 183 Å². The third-order valence-corrected chi connectivity index (χ3v) is 4.94. The zero-order valence-corrected chi connectivity index (χ0v) is 17.1. The third kappa shape index (κ3) is 4.82. The van der Waals surface area contributed by atoms with Crippen molar-refractivity contribution < 1.29 is 14.7 Å². The van der Waals surface area contributed by atoms with Crippen LogP contribution in [0.1, 0.15) is 16.7 Å². The molecular formula is C24H18ClN3O3. The van der Waals surface area contributed by atoms with Gasteiger partial charge in [0.15, 0.2) is 0 Å². The molecule has 4 rings (SSSR count). The number of aliphatic carboxylic acids is 1. The number of carbonyl (C=O) groups excluding carboxylic acids is 1. The van der Waals surface area contributed by atoms with Crippen LogP contribution in [0.25, 0.3) is 22.7 Å². The molecule has 7 heteroatoms. The van der Waals surface area contributed by atoms with Crippen molar-refractivity contribution in [1.82, 2.24) is 9.97 Å². The number of halogens is 1. The number of aromatic nitrogens is 2. The molecule has 0 saturated carbocycles. The Morgan fingerprint density at radius 2 is 1.87 bits per heavy atom. The van der Waals surface area contributed by atoms with Crippen molar-refractivity contribution >= 4 is 52.0 Å². The summed E-state index contributed by atoms with van der Waals surface area (Å²) in [5.41, 5.74) is 2.84. The lowest BCUT2D eigenvalue weighted by atomic mass is 10.0. The Morgan fingerprint density at radius 3 is 2.61 bits per heavy atom. The van der Waals surface area contributed by atoms with E-state index in [-0.39, 0.29) is 17.9 Å². The van der Waals surface area contributed by atoms with Crippen molar-refractivity contribution in [1.29, 1.82) is 0 Å². The number of H-pyrrole nitrogens is 1. The van der Waals surface area contributed by atoms with Crippen LogP contribution in [0.5, 0.6) is 0 Å². The number of carboxylic acids is 1. The highest BCUT2D eigenvalue weighted by Crippen LogP contribution is 2.25. The largest absolute Gasteiger partial charge is 0.478 e. The molecule has 0 unspecified atom stereocenters. The third-order valence-electron chi connectivity index (χ3n) is 4.71. The number of aromatic amines is 1. The maximum absolute atomic E-state index is 12.3. The number of hydrogen-bond acceptors (Lipinski definition) is 3. The van der Waals surface area contributed by atoms with Gasteiger partial charge in [0.1, 0.15) is 11.5 Å². The molecule has 1 amide bonds. The minimum atomic E-state index is -1.02. The SMILES string of the molecule is O=C(Cc1cccc(Cl)c1)Nc1ccc2c(C=C(C(=O)O)c3ccccc3)c[nH]c2n1. The molecule has 0 fully saturated rings. The summed E-state index contributed by atoms with van der Waals surface area (Å²) in [4.78, 5) is 31.6. The first-order chi connectivity index (χ1) is 15.0. The highest BCUT2D eigenvalue weighted by atomic mass is 35.5. The smallest absolute Gasteiger partial charge is 0.336 e. The number of nitrogens with one attached hydrogen (secondary N) is 2. The zero-order valence-electron chi connectivity index (χ0n) is 16.3. The number of benzene rings is 2. The molecule has 0 aliphatic rings. The first-order valence-electron chi connectivity index (χ1n) is 9.52. The molecule has 0 atom stereocenters. The van der Waals surface area contributed by atoms with E-state index in [1.54, 1.807) is 66.9 Å². The van der Waals surface area contributed by atoms with Gasteiger partial charge >= 0.3 is 5.97 Å². The maximum Gasteiger partial charge on any atom is 0.336 e. The van der Waals surface area contributed by atoms with Crippen molar-refractivity contribution in [3.05, 3.63) is 94.6 Å². The molecule has 4 aromatic rings. The summed E-state index contributed by atoms with van der Waals surface area (Å²) in [6, 6.07) is 19.5. The van der Waals surface area contributed by atoms with E-state index in [9.17, 15) is 14.7 Å². The molecule has 154 valence electrons. The lowest BCUT2D eigenvalue weighted by Gasteiger charge is -2.05. The number of anilines is 1. The summed E-state index contributed by atoms with van der Waals surface area (Å²) >= 11 is 5.96. The predicted octanol–water partition coefficient (Wildman–Crippen LogP) is 5.02. The van der Waals surface area contributed by atoms with Gasteiger partial charge in [-0.1, -0.05) is 54.1 Å². The normalized spacial score (nSPS) is 11.5. The van der Waals surface area contributed by atoms with Crippen LogP contribution in [0.15, 0.2) is 72.9 Å². The van der Waals surface area contributed by atoms with E-state index in [0.717, 1.165) is 10.9 Å². The Bertz CT molecular complexity index is 1300. The number of hydrogen-bond donors (Lipinski definition) is 3. The minimum Gasteiger partial charge on any atom is -0.478 e. The van der Waals surface area contributed by atoms with Crippen molar-refractivity contribution in [2.24, 2.45) is 0 Å². The second-order valence-electron chi connectivity index (χ2n) is 6.92. The van der Waals surface area contributed by atoms with Crippen LogP contribution in [0.2, 0.25) is 5.02 Å². The molecule has 2 aromatic carbocycles. The van der Waals surface area contributed by atoms with E-state index < -0.39 is 5.97 Å². The zero-order chi connectivity index (χ0) is 21.8. The summed E-state index contributed by atoms with van der Waals surface area (Å²) in [6.07, 6.45) is 3.48. The number of carbonyl (C=O) groups is 2. The predicted molar refractivity (Wildman–Crippen MR) is 122 cm³/mol. The lowest BCUT2D eigenvalue weighted by Crippen LogP contribution is -2.15. The van der Waals surface area contributed by atoms with Crippen molar-refractivity contribution in [2.45, 2.75) is 6.42 Å². The van der Waals surface area contributed by atoms with E-state index >= 15 is 0 Å². The Hall–Kier alpha value is -3.90. The average Bonchev–Trinajstić information content (AvgIpc) is 3.14. The van der Waals surface area contributed by atoms with Crippen molar-refractivity contribution in [3.8, 4) is 0 Å². The van der Waals surface area contributed by atoms with Crippen LogP contribution in [-0.2, 0) is 16.0 Å². The molecule has 0 bridgehead atoms. The van der Waals surface area contributed by atoms with Gasteiger partial charge in [-0.15, -0.1) is 0 Å². The summed E-state index contributed by atoms with van der Waals surface area (Å²) in [6.45, 7) is 0. The number of rotatable bonds is 6. The second kappa shape index (κ2) is 8.85. The maximum atomic E-state index is 12.3. The Morgan fingerprint density at radius 1 is 1.06 bits per heavy atom. The van der Waals surface area contributed by atoms with Gasteiger partial charge in [0.25, 0.3) is 0 Å². The van der Waals surface area contributed by atoms with E-state index in [2.05, 4.69) is 15.3 Å². The number of carboxylic acid groups (broad SMARTS) is 1. The van der Waals surface area contributed by atoms with E-state index in [4.69, 9.17) is 11.6 Å². The number of fused-ring (bicyclic) bond motifs is 1. The van der Waals surface area contributed by atoms with Gasteiger partial charge in [0.05, 0.1) is 12.0 Å². The molecule has 31 heavy (non-hydrogen) atoms. The molecule has 2 aromatic heterocycles. The van der Waals surface area contributed by atoms with E-state index in [1.165, 1.54) is 0 Å². The fourth-order valence-electron chi connectivity index (χ4n) is 3.28. The van der Waals surface area contributed by atoms with Crippen molar-refractivity contribution in [2.75, 3.05) is 5.32 Å². The quantitative estimate of drug-likeness (QED) is 0.373. The van der Waals surface area contributed by atoms with Gasteiger partial charge in [0.2, 0.25) is 5.91 Å². The number of amides is 1. The van der Waals surface area contributed by atoms with Crippen LogP contribution < -0.4 is 5.32 Å². The lowest BCUT2D eigenvalue weighted by molar-refractivity contribution is -0.130. The van der Waals surface area contributed by atoms with Gasteiger partial charge in [0, 0.05) is 22.2 Å². The highest BCUT2D eigenvalue weighted by molar-refractivity contribution is 6.30.